The lowest BCUT2D eigenvalue weighted by atomic mass is 9.89. The first-order valence-electron chi connectivity index (χ1n) is 8.92. The van der Waals surface area contributed by atoms with Gasteiger partial charge in [-0.2, -0.15) is 0 Å². The highest BCUT2D eigenvalue weighted by atomic mass is 14.3. The van der Waals surface area contributed by atoms with Crippen LogP contribution in [0.2, 0.25) is 0 Å². The quantitative estimate of drug-likeness (QED) is 0.629. The van der Waals surface area contributed by atoms with E-state index in [9.17, 15) is 0 Å². The van der Waals surface area contributed by atoms with Crippen LogP contribution in [0.15, 0.2) is 96.1 Å². The molecule has 25 heavy (non-hydrogen) atoms. The van der Waals surface area contributed by atoms with Crippen molar-refractivity contribution in [2.45, 2.75) is 19.3 Å². The molecule has 2 aromatic carbocycles. The van der Waals surface area contributed by atoms with Crippen LogP contribution in [-0.2, 0) is 12.8 Å². The highest BCUT2D eigenvalue weighted by molar-refractivity contribution is 6.00. The summed E-state index contributed by atoms with van der Waals surface area (Å²) in [7, 11) is 0. The van der Waals surface area contributed by atoms with E-state index in [1.54, 1.807) is 0 Å². The number of hydrogen-bond donors (Lipinski definition) is 0. The number of hydrogen-bond acceptors (Lipinski definition) is 0. The Balaban J connectivity index is 1.72. The molecule has 0 unspecified atom stereocenters. The molecule has 0 saturated heterocycles. The fourth-order valence-electron chi connectivity index (χ4n) is 4.48. The summed E-state index contributed by atoms with van der Waals surface area (Å²) in [6, 6.07) is 17.5. The molecule has 5 rings (SSSR count). The first kappa shape index (κ1) is 14.5. The molecule has 0 spiro atoms. The molecule has 0 saturated carbocycles. The Morgan fingerprint density at radius 2 is 1.04 bits per heavy atom. The smallest absolute Gasteiger partial charge is 0.00248 e. The van der Waals surface area contributed by atoms with E-state index in [1.165, 1.54) is 55.7 Å². The molecule has 0 radical (unpaired) electrons. The average molecular weight is 320 g/mol. The second-order valence-corrected chi connectivity index (χ2v) is 7.09. The number of rotatable bonds is 2. The summed E-state index contributed by atoms with van der Waals surface area (Å²) in [6.07, 6.45) is 7.63. The van der Waals surface area contributed by atoms with Crippen molar-refractivity contribution in [3.63, 3.8) is 0 Å². The van der Waals surface area contributed by atoms with Crippen LogP contribution in [0.5, 0.6) is 0 Å². The number of allylic oxidation sites excluding steroid dienone is 8. The van der Waals surface area contributed by atoms with Gasteiger partial charge in [0.25, 0.3) is 0 Å². The van der Waals surface area contributed by atoms with Crippen LogP contribution in [-0.4, -0.2) is 0 Å². The summed E-state index contributed by atoms with van der Waals surface area (Å²) >= 11 is 0. The van der Waals surface area contributed by atoms with E-state index in [1.807, 2.05) is 0 Å². The molecule has 0 aromatic heterocycles. The molecule has 0 nitrogen and oxygen atoms in total. The van der Waals surface area contributed by atoms with Gasteiger partial charge in [-0.15, -0.1) is 0 Å². The second-order valence-electron chi connectivity index (χ2n) is 7.09. The van der Waals surface area contributed by atoms with Crippen LogP contribution < -0.4 is 0 Å². The highest BCUT2D eigenvalue weighted by Gasteiger charge is 2.31. The minimum absolute atomic E-state index is 0.879. The van der Waals surface area contributed by atoms with Gasteiger partial charge < -0.3 is 0 Å². The van der Waals surface area contributed by atoms with Crippen molar-refractivity contribution in [2.24, 2.45) is 0 Å². The molecule has 120 valence electrons. The summed E-state index contributed by atoms with van der Waals surface area (Å²) < 4.78 is 0. The fourth-order valence-corrected chi connectivity index (χ4v) is 4.48. The van der Waals surface area contributed by atoms with Gasteiger partial charge in [0.05, 0.1) is 0 Å². The van der Waals surface area contributed by atoms with Gasteiger partial charge in [-0.3, -0.25) is 0 Å². The van der Waals surface area contributed by atoms with Crippen molar-refractivity contribution in [2.75, 3.05) is 0 Å². The molecule has 0 atom stereocenters. The third-order valence-electron chi connectivity index (χ3n) is 5.59. The molecule has 0 fully saturated rings. The van der Waals surface area contributed by atoms with Crippen LogP contribution in [0.3, 0.4) is 0 Å². The van der Waals surface area contributed by atoms with E-state index in [2.05, 4.69) is 73.8 Å². The molecular weight excluding hydrogens is 300 g/mol. The lowest BCUT2D eigenvalue weighted by molar-refractivity contribution is 1.27. The molecule has 0 amide bonds. The largest absolute Gasteiger partial charge is 0.0949 e. The molecule has 0 bridgehead atoms. The number of fused-ring (bicyclic) bond motifs is 2. The van der Waals surface area contributed by atoms with Gasteiger partial charge in [0.2, 0.25) is 0 Å². The van der Waals surface area contributed by atoms with E-state index in [-0.39, 0.29) is 0 Å². The molecular formula is C25H20. The Labute approximate surface area is 149 Å². The highest BCUT2D eigenvalue weighted by Crippen LogP contribution is 2.50. The van der Waals surface area contributed by atoms with Crippen LogP contribution >= 0.6 is 0 Å². The van der Waals surface area contributed by atoms with Crippen molar-refractivity contribution >= 4 is 11.1 Å². The fraction of sp³-hybridized carbons (Fsp3) is 0.120. The molecule has 0 N–H and O–H groups in total. The minimum Gasteiger partial charge on any atom is -0.0949 e. The summed E-state index contributed by atoms with van der Waals surface area (Å²) in [4.78, 5) is 0. The molecule has 0 heteroatoms. The Morgan fingerprint density at radius 3 is 1.52 bits per heavy atom. The zero-order valence-corrected chi connectivity index (χ0v) is 14.3. The predicted molar refractivity (Wildman–Crippen MR) is 106 cm³/mol. The monoisotopic (exact) mass is 320 g/mol. The summed E-state index contributed by atoms with van der Waals surface area (Å²) in [6.45, 7) is 8.79. The Morgan fingerprint density at radius 1 is 0.600 bits per heavy atom. The minimum atomic E-state index is 0.879. The summed E-state index contributed by atoms with van der Waals surface area (Å²) in [5, 5.41) is 0. The third kappa shape index (κ3) is 2.07. The van der Waals surface area contributed by atoms with Crippen LogP contribution in [0.1, 0.15) is 28.7 Å². The summed E-state index contributed by atoms with van der Waals surface area (Å²) in [5.41, 5.74) is 13.3. The Bertz CT molecular complexity index is 954. The zero-order valence-electron chi connectivity index (χ0n) is 14.3. The maximum atomic E-state index is 4.39. The first-order valence-corrected chi connectivity index (χ1v) is 8.92. The second kappa shape index (κ2) is 5.32. The van der Waals surface area contributed by atoms with E-state index in [0.717, 1.165) is 19.3 Å². The van der Waals surface area contributed by atoms with Crippen LogP contribution in [0, 0.1) is 0 Å². The number of benzene rings is 2. The first-order chi connectivity index (χ1) is 12.2. The molecule has 0 heterocycles. The topological polar surface area (TPSA) is 0 Å². The molecule has 3 aliphatic carbocycles. The Kier molecular flexibility index (Phi) is 3.08. The van der Waals surface area contributed by atoms with Crippen LogP contribution in [0.25, 0.3) is 11.1 Å². The van der Waals surface area contributed by atoms with Crippen molar-refractivity contribution in [3.05, 3.63) is 118 Å². The Hall–Kier alpha value is -2.86. The van der Waals surface area contributed by atoms with Crippen molar-refractivity contribution < 1.29 is 0 Å². The maximum Gasteiger partial charge on any atom is -0.00248 e. The molecule has 2 aromatic rings. The van der Waals surface area contributed by atoms with Gasteiger partial charge in [0.1, 0.15) is 0 Å². The summed E-state index contributed by atoms with van der Waals surface area (Å²) in [5.74, 6) is 0. The predicted octanol–water partition coefficient (Wildman–Crippen LogP) is 6.08. The lowest BCUT2D eigenvalue weighted by Gasteiger charge is -2.14. The third-order valence-corrected chi connectivity index (χ3v) is 5.59. The van der Waals surface area contributed by atoms with E-state index in [4.69, 9.17) is 0 Å². The normalized spacial score (nSPS) is 18.4. The van der Waals surface area contributed by atoms with Gasteiger partial charge in [-0.1, -0.05) is 73.8 Å². The lowest BCUT2D eigenvalue weighted by Crippen LogP contribution is -1.94. The molecule has 0 aliphatic heterocycles. The average Bonchev–Trinajstić information content (AvgIpc) is 3.30. The van der Waals surface area contributed by atoms with Gasteiger partial charge >= 0.3 is 0 Å². The van der Waals surface area contributed by atoms with Crippen molar-refractivity contribution in [1.29, 1.82) is 0 Å². The maximum absolute atomic E-state index is 4.39. The molecule has 3 aliphatic rings. The van der Waals surface area contributed by atoms with Crippen molar-refractivity contribution in [3.8, 4) is 0 Å². The van der Waals surface area contributed by atoms with Gasteiger partial charge in [0, 0.05) is 0 Å². The SMILES string of the molecule is C=C1CC(=C)C(C2=CCc3ccccc32)=C1C1=CCc2ccccc21. The van der Waals surface area contributed by atoms with E-state index < -0.39 is 0 Å². The van der Waals surface area contributed by atoms with E-state index >= 15 is 0 Å². The van der Waals surface area contributed by atoms with Gasteiger partial charge in [0.15, 0.2) is 0 Å². The van der Waals surface area contributed by atoms with Crippen molar-refractivity contribution in [1.82, 2.24) is 0 Å². The van der Waals surface area contributed by atoms with Gasteiger partial charge in [-0.05, 0) is 75.0 Å². The standard InChI is InChI=1S/C25H20/c1-16-15-17(2)25(23-14-12-19-8-4-6-10-21(19)23)24(16)22-13-11-18-7-3-5-9-20(18)22/h3-10,13-14H,1-2,11-12,15H2. The zero-order chi connectivity index (χ0) is 17.0. The van der Waals surface area contributed by atoms with Crippen LogP contribution in [0.4, 0.5) is 0 Å². The van der Waals surface area contributed by atoms with Gasteiger partial charge in [-0.25, -0.2) is 0 Å². The van der Waals surface area contributed by atoms with E-state index in [0.29, 0.717) is 0 Å².